The van der Waals surface area contributed by atoms with Gasteiger partial charge in [0.05, 0.1) is 0 Å². The van der Waals surface area contributed by atoms with E-state index < -0.39 is 17.9 Å². The molecule has 4 nitrogen and oxygen atoms in total. The van der Waals surface area contributed by atoms with Gasteiger partial charge in [0.25, 0.3) is 0 Å². The maximum absolute atomic E-state index is 12.7. The van der Waals surface area contributed by atoms with Crippen LogP contribution in [0.4, 0.5) is 4.39 Å². The minimum atomic E-state index is -1.05. The molecule has 0 fully saturated rings. The first kappa shape index (κ1) is 15.9. The fraction of sp³-hybridized carbons (Fsp3) is 0.333. The van der Waals surface area contributed by atoms with Crippen LogP contribution in [0.3, 0.4) is 0 Å². The Hall–Kier alpha value is -2.17. The molecule has 0 bridgehead atoms. The molecule has 1 rings (SSSR count). The maximum atomic E-state index is 12.7. The smallest absolute Gasteiger partial charge is 0.326 e. The summed E-state index contributed by atoms with van der Waals surface area (Å²) in [5, 5.41) is 11.4. The van der Waals surface area contributed by atoms with Crippen LogP contribution in [-0.4, -0.2) is 23.0 Å². The van der Waals surface area contributed by atoms with E-state index in [1.54, 1.807) is 0 Å². The fourth-order valence-electron chi connectivity index (χ4n) is 1.66. The molecule has 1 aromatic carbocycles. The van der Waals surface area contributed by atoms with Gasteiger partial charge in [-0.25, -0.2) is 9.18 Å². The lowest BCUT2D eigenvalue weighted by Gasteiger charge is -2.15. The minimum Gasteiger partial charge on any atom is -0.480 e. The molecule has 0 aliphatic rings. The molecule has 108 valence electrons. The third-order valence-electron chi connectivity index (χ3n) is 2.62. The number of hydrogen-bond acceptors (Lipinski definition) is 2. The van der Waals surface area contributed by atoms with E-state index in [1.807, 2.05) is 13.8 Å². The van der Waals surface area contributed by atoms with Gasteiger partial charge in [-0.1, -0.05) is 26.0 Å². The van der Waals surface area contributed by atoms with Crippen LogP contribution in [0.1, 0.15) is 25.8 Å². The highest BCUT2D eigenvalue weighted by Gasteiger charge is 2.19. The van der Waals surface area contributed by atoms with Gasteiger partial charge in [0, 0.05) is 6.08 Å². The van der Waals surface area contributed by atoms with Crippen molar-refractivity contribution in [3.05, 3.63) is 41.7 Å². The summed E-state index contributed by atoms with van der Waals surface area (Å²) in [6.45, 7) is 3.77. The Kier molecular flexibility index (Phi) is 5.90. The molecule has 0 unspecified atom stereocenters. The molecule has 0 heterocycles. The van der Waals surface area contributed by atoms with Crippen LogP contribution in [0.25, 0.3) is 6.08 Å². The molecule has 0 aromatic heterocycles. The fourth-order valence-corrected chi connectivity index (χ4v) is 1.66. The highest BCUT2D eigenvalue weighted by atomic mass is 19.1. The summed E-state index contributed by atoms with van der Waals surface area (Å²) in [7, 11) is 0. The van der Waals surface area contributed by atoms with Gasteiger partial charge in [-0.2, -0.15) is 0 Å². The number of hydrogen-bond donors (Lipinski definition) is 2. The SMILES string of the molecule is CC(C)C[C@@H](NC(=O)C=Cc1ccc(F)cc1)C(=O)O. The van der Waals surface area contributed by atoms with Gasteiger partial charge in [0.15, 0.2) is 0 Å². The summed E-state index contributed by atoms with van der Waals surface area (Å²) in [5.41, 5.74) is 0.664. The van der Waals surface area contributed by atoms with Crippen LogP contribution in [0, 0.1) is 11.7 Å². The molecule has 1 atom stereocenters. The van der Waals surface area contributed by atoms with Gasteiger partial charge in [-0.3, -0.25) is 4.79 Å². The lowest BCUT2D eigenvalue weighted by molar-refractivity contribution is -0.141. The Labute approximate surface area is 117 Å². The second kappa shape index (κ2) is 7.43. The van der Waals surface area contributed by atoms with Crippen molar-refractivity contribution in [3.63, 3.8) is 0 Å². The molecule has 5 heteroatoms. The lowest BCUT2D eigenvalue weighted by atomic mass is 10.0. The second-order valence-corrected chi connectivity index (χ2v) is 4.91. The number of benzene rings is 1. The van der Waals surface area contributed by atoms with E-state index in [0.717, 1.165) is 0 Å². The zero-order valence-electron chi connectivity index (χ0n) is 11.5. The van der Waals surface area contributed by atoms with Crippen molar-refractivity contribution in [3.8, 4) is 0 Å². The van der Waals surface area contributed by atoms with Crippen molar-refractivity contribution in [1.82, 2.24) is 5.32 Å². The van der Waals surface area contributed by atoms with Crippen molar-refractivity contribution < 1.29 is 19.1 Å². The summed E-state index contributed by atoms with van der Waals surface area (Å²) in [6.07, 6.45) is 3.11. The number of carbonyl (C=O) groups is 2. The molecule has 0 saturated heterocycles. The van der Waals surface area contributed by atoms with Gasteiger partial charge in [0.2, 0.25) is 5.91 Å². The van der Waals surface area contributed by atoms with Crippen LogP contribution in [0.5, 0.6) is 0 Å². The van der Waals surface area contributed by atoms with Gasteiger partial charge in [-0.05, 0) is 36.1 Å². The van der Waals surface area contributed by atoms with Crippen LogP contribution < -0.4 is 5.32 Å². The average molecular weight is 279 g/mol. The summed E-state index contributed by atoms with van der Waals surface area (Å²) in [4.78, 5) is 22.6. The molecule has 0 aliphatic heterocycles. The minimum absolute atomic E-state index is 0.164. The molecule has 2 N–H and O–H groups in total. The number of aliphatic carboxylic acids is 1. The van der Waals surface area contributed by atoms with Crippen LogP contribution >= 0.6 is 0 Å². The zero-order chi connectivity index (χ0) is 15.1. The molecule has 0 aliphatic carbocycles. The molecule has 0 radical (unpaired) electrons. The summed E-state index contributed by atoms with van der Waals surface area (Å²) >= 11 is 0. The summed E-state index contributed by atoms with van der Waals surface area (Å²) in [5.74, 6) is -1.73. The average Bonchev–Trinajstić information content (AvgIpc) is 2.36. The van der Waals surface area contributed by atoms with E-state index in [0.29, 0.717) is 12.0 Å². The highest BCUT2D eigenvalue weighted by molar-refractivity contribution is 5.94. The monoisotopic (exact) mass is 279 g/mol. The van der Waals surface area contributed by atoms with Crippen molar-refractivity contribution in [1.29, 1.82) is 0 Å². The van der Waals surface area contributed by atoms with E-state index in [9.17, 15) is 14.0 Å². The van der Waals surface area contributed by atoms with Crippen molar-refractivity contribution >= 4 is 18.0 Å². The Morgan fingerprint density at radius 3 is 2.40 bits per heavy atom. The number of nitrogens with one attached hydrogen (secondary N) is 1. The Balaban J connectivity index is 2.61. The number of carboxylic acid groups (broad SMARTS) is 1. The first-order valence-corrected chi connectivity index (χ1v) is 6.35. The van der Waals surface area contributed by atoms with Gasteiger partial charge >= 0.3 is 5.97 Å². The number of halogens is 1. The quantitative estimate of drug-likeness (QED) is 0.786. The zero-order valence-corrected chi connectivity index (χ0v) is 11.5. The third kappa shape index (κ3) is 5.65. The molecule has 1 amide bonds. The molecular formula is C15H18FNO3. The van der Waals surface area contributed by atoms with Crippen molar-refractivity contribution in [2.24, 2.45) is 5.92 Å². The standard InChI is InChI=1S/C15H18FNO3/c1-10(2)9-13(15(19)20)17-14(18)8-5-11-3-6-12(16)7-4-11/h3-8,10,13H,9H2,1-2H3,(H,17,18)(H,19,20)/t13-/m1/s1. The Morgan fingerprint density at radius 1 is 1.30 bits per heavy atom. The van der Waals surface area contributed by atoms with Crippen LogP contribution in [-0.2, 0) is 9.59 Å². The molecule has 0 spiro atoms. The maximum Gasteiger partial charge on any atom is 0.326 e. The van der Waals surface area contributed by atoms with Crippen LogP contribution in [0.15, 0.2) is 30.3 Å². The van der Waals surface area contributed by atoms with Gasteiger partial charge in [-0.15, -0.1) is 0 Å². The number of amides is 1. The van der Waals surface area contributed by atoms with Gasteiger partial charge < -0.3 is 10.4 Å². The Morgan fingerprint density at radius 2 is 1.90 bits per heavy atom. The predicted octanol–water partition coefficient (Wildman–Crippen LogP) is 2.45. The van der Waals surface area contributed by atoms with E-state index >= 15 is 0 Å². The number of rotatable bonds is 6. The topological polar surface area (TPSA) is 66.4 Å². The molecule has 0 saturated carbocycles. The first-order valence-electron chi connectivity index (χ1n) is 6.35. The van der Waals surface area contributed by atoms with Crippen molar-refractivity contribution in [2.75, 3.05) is 0 Å². The lowest BCUT2D eigenvalue weighted by Crippen LogP contribution is -2.40. The van der Waals surface area contributed by atoms with Gasteiger partial charge in [0.1, 0.15) is 11.9 Å². The predicted molar refractivity (Wildman–Crippen MR) is 74.5 cm³/mol. The number of carboxylic acids is 1. The van der Waals surface area contributed by atoms with Crippen LogP contribution in [0.2, 0.25) is 0 Å². The van der Waals surface area contributed by atoms with Crippen molar-refractivity contribution in [2.45, 2.75) is 26.3 Å². The van der Waals surface area contributed by atoms with E-state index in [4.69, 9.17) is 5.11 Å². The normalized spacial score (nSPS) is 12.6. The van der Waals surface area contributed by atoms with E-state index in [-0.39, 0.29) is 11.7 Å². The largest absolute Gasteiger partial charge is 0.480 e. The third-order valence-corrected chi connectivity index (χ3v) is 2.62. The number of carbonyl (C=O) groups excluding carboxylic acids is 1. The molecule has 1 aromatic rings. The first-order chi connectivity index (χ1) is 9.38. The Bertz CT molecular complexity index is 494. The molecular weight excluding hydrogens is 261 g/mol. The summed E-state index contributed by atoms with van der Waals surface area (Å²) in [6, 6.07) is 4.73. The highest BCUT2D eigenvalue weighted by Crippen LogP contribution is 2.06. The van der Waals surface area contributed by atoms with E-state index in [2.05, 4.69) is 5.32 Å². The second-order valence-electron chi connectivity index (χ2n) is 4.91. The summed E-state index contributed by atoms with van der Waals surface area (Å²) < 4.78 is 12.7. The van der Waals surface area contributed by atoms with E-state index in [1.165, 1.54) is 36.4 Å². The molecule has 20 heavy (non-hydrogen) atoms.